The monoisotopic (exact) mass is 442 g/mol. The van der Waals surface area contributed by atoms with Gasteiger partial charge >= 0.3 is 0 Å². The second-order valence-electron chi connectivity index (χ2n) is 7.62. The lowest BCUT2D eigenvalue weighted by molar-refractivity contribution is -0.115. The Labute approximate surface area is 188 Å². The van der Waals surface area contributed by atoms with E-state index in [4.69, 9.17) is 9.47 Å². The predicted octanol–water partition coefficient (Wildman–Crippen LogP) is 4.89. The van der Waals surface area contributed by atoms with Gasteiger partial charge in [-0.3, -0.25) is 9.59 Å². The van der Waals surface area contributed by atoms with E-state index in [1.807, 2.05) is 37.3 Å². The lowest BCUT2D eigenvalue weighted by Gasteiger charge is -2.23. The van der Waals surface area contributed by atoms with Gasteiger partial charge in [-0.15, -0.1) is 11.8 Å². The minimum absolute atomic E-state index is 0.136. The molecule has 1 aliphatic rings. The van der Waals surface area contributed by atoms with Crippen molar-refractivity contribution in [3.05, 3.63) is 48.0 Å². The fraction of sp³-hybridized carbons (Fsp3) is 0.417. The van der Waals surface area contributed by atoms with E-state index in [9.17, 15) is 9.59 Å². The van der Waals surface area contributed by atoms with Crippen molar-refractivity contribution in [3.63, 3.8) is 0 Å². The molecule has 0 heterocycles. The second-order valence-corrected chi connectivity index (χ2v) is 9.03. The van der Waals surface area contributed by atoms with Gasteiger partial charge in [0, 0.05) is 10.9 Å². The summed E-state index contributed by atoms with van der Waals surface area (Å²) in [6, 6.07) is 12.9. The standard InChI is InChI=1S/C24H30N2O4S/c1-16(31-18-13-14-21(29-2)22(15-18)30-3)23(27)26-20-12-8-7-11-19(20)24(28)25-17-9-5-4-6-10-17/h7-8,11-17H,4-6,9-10H2,1-3H3,(H,25,28)(H,26,27). The molecule has 0 radical (unpaired) electrons. The van der Waals surface area contributed by atoms with Gasteiger partial charge in [-0.05, 0) is 50.1 Å². The van der Waals surface area contributed by atoms with Crippen LogP contribution in [0.5, 0.6) is 11.5 Å². The van der Waals surface area contributed by atoms with Gasteiger partial charge in [-0.25, -0.2) is 0 Å². The van der Waals surface area contributed by atoms with E-state index in [1.165, 1.54) is 18.2 Å². The normalized spacial score (nSPS) is 15.1. The molecule has 0 aliphatic heterocycles. The first-order chi connectivity index (χ1) is 15.0. The van der Waals surface area contributed by atoms with Gasteiger partial charge < -0.3 is 20.1 Å². The molecular weight excluding hydrogens is 412 g/mol. The van der Waals surface area contributed by atoms with Crippen LogP contribution in [0.1, 0.15) is 49.4 Å². The van der Waals surface area contributed by atoms with Gasteiger partial charge in [-0.1, -0.05) is 31.4 Å². The van der Waals surface area contributed by atoms with Gasteiger partial charge in [0.05, 0.1) is 30.7 Å². The summed E-state index contributed by atoms with van der Waals surface area (Å²) in [7, 11) is 3.17. The summed E-state index contributed by atoms with van der Waals surface area (Å²) < 4.78 is 10.6. The Kier molecular flexibility index (Phi) is 8.23. The number of nitrogens with one attached hydrogen (secondary N) is 2. The van der Waals surface area contributed by atoms with Crippen LogP contribution in [0, 0.1) is 0 Å². The lowest BCUT2D eigenvalue weighted by atomic mass is 9.95. The van der Waals surface area contributed by atoms with E-state index in [-0.39, 0.29) is 23.1 Å². The van der Waals surface area contributed by atoms with Crippen LogP contribution < -0.4 is 20.1 Å². The topological polar surface area (TPSA) is 76.7 Å². The third-order valence-electron chi connectivity index (χ3n) is 5.41. The Hall–Kier alpha value is -2.67. The number of carbonyl (C=O) groups is 2. The van der Waals surface area contributed by atoms with Gasteiger partial charge in [-0.2, -0.15) is 0 Å². The summed E-state index contributed by atoms with van der Waals surface area (Å²) in [5.74, 6) is 0.951. The van der Waals surface area contributed by atoms with Crippen molar-refractivity contribution >= 4 is 29.3 Å². The van der Waals surface area contributed by atoms with Crippen LogP contribution in [-0.2, 0) is 4.79 Å². The first-order valence-corrected chi connectivity index (χ1v) is 11.5. The number of methoxy groups -OCH3 is 2. The molecule has 31 heavy (non-hydrogen) atoms. The summed E-state index contributed by atoms with van der Waals surface area (Å²) in [5.41, 5.74) is 1.02. The maximum atomic E-state index is 12.8. The number of hydrogen-bond acceptors (Lipinski definition) is 5. The van der Waals surface area contributed by atoms with Crippen molar-refractivity contribution in [2.45, 2.75) is 55.2 Å². The Morgan fingerprint density at radius 1 is 1.00 bits per heavy atom. The number of carbonyl (C=O) groups excluding carboxylic acids is 2. The van der Waals surface area contributed by atoms with Crippen LogP contribution >= 0.6 is 11.8 Å². The van der Waals surface area contributed by atoms with Crippen LogP contribution in [-0.4, -0.2) is 37.3 Å². The molecule has 0 saturated heterocycles. The largest absolute Gasteiger partial charge is 0.493 e. The molecule has 2 aromatic carbocycles. The van der Waals surface area contributed by atoms with Crippen LogP contribution in [0.3, 0.4) is 0 Å². The zero-order chi connectivity index (χ0) is 22.2. The van der Waals surface area contributed by atoms with E-state index < -0.39 is 0 Å². The van der Waals surface area contributed by atoms with Crippen LogP contribution in [0.4, 0.5) is 5.69 Å². The third kappa shape index (κ3) is 6.17. The van der Waals surface area contributed by atoms with Crippen molar-refractivity contribution in [3.8, 4) is 11.5 Å². The average molecular weight is 443 g/mol. The van der Waals surface area contributed by atoms with Crippen molar-refractivity contribution in [1.29, 1.82) is 0 Å². The van der Waals surface area contributed by atoms with Crippen molar-refractivity contribution in [1.82, 2.24) is 5.32 Å². The fourth-order valence-electron chi connectivity index (χ4n) is 3.68. The number of amides is 2. The Morgan fingerprint density at radius 3 is 2.42 bits per heavy atom. The third-order valence-corrected chi connectivity index (χ3v) is 6.50. The van der Waals surface area contributed by atoms with Crippen LogP contribution in [0.25, 0.3) is 0 Å². The molecule has 1 atom stereocenters. The van der Waals surface area contributed by atoms with Crippen molar-refractivity contribution in [2.24, 2.45) is 0 Å². The highest BCUT2D eigenvalue weighted by Gasteiger charge is 2.21. The molecule has 0 aromatic heterocycles. The molecule has 2 amide bonds. The van der Waals surface area contributed by atoms with Crippen molar-refractivity contribution < 1.29 is 19.1 Å². The average Bonchev–Trinajstić information content (AvgIpc) is 2.79. The molecule has 1 aliphatic carbocycles. The summed E-state index contributed by atoms with van der Waals surface area (Å²) in [6.45, 7) is 1.83. The van der Waals surface area contributed by atoms with Gasteiger partial charge in [0.25, 0.3) is 5.91 Å². The number of para-hydroxylation sites is 1. The Balaban J connectivity index is 1.65. The Morgan fingerprint density at radius 2 is 1.71 bits per heavy atom. The molecule has 1 unspecified atom stereocenters. The number of rotatable bonds is 8. The van der Waals surface area contributed by atoms with Gasteiger partial charge in [0.2, 0.25) is 5.91 Å². The SMILES string of the molecule is COc1ccc(SC(C)C(=O)Nc2ccccc2C(=O)NC2CCCCC2)cc1OC. The smallest absolute Gasteiger partial charge is 0.253 e. The summed E-state index contributed by atoms with van der Waals surface area (Å²) >= 11 is 1.41. The molecular formula is C24H30N2O4S. The maximum absolute atomic E-state index is 12.8. The van der Waals surface area contributed by atoms with E-state index >= 15 is 0 Å². The summed E-state index contributed by atoms with van der Waals surface area (Å²) in [6.07, 6.45) is 5.55. The molecule has 0 bridgehead atoms. The minimum atomic E-state index is -0.368. The lowest BCUT2D eigenvalue weighted by Crippen LogP contribution is -2.36. The molecule has 1 fully saturated rings. The van der Waals surface area contributed by atoms with E-state index in [0.29, 0.717) is 22.7 Å². The zero-order valence-corrected chi connectivity index (χ0v) is 19.1. The highest BCUT2D eigenvalue weighted by atomic mass is 32.2. The van der Waals surface area contributed by atoms with Gasteiger partial charge in [0.15, 0.2) is 11.5 Å². The van der Waals surface area contributed by atoms with Gasteiger partial charge in [0.1, 0.15) is 0 Å². The first-order valence-electron chi connectivity index (χ1n) is 10.6. The summed E-state index contributed by atoms with van der Waals surface area (Å²) in [5, 5.41) is 5.68. The number of hydrogen-bond donors (Lipinski definition) is 2. The number of benzene rings is 2. The zero-order valence-electron chi connectivity index (χ0n) is 18.3. The highest BCUT2D eigenvalue weighted by Crippen LogP contribution is 2.34. The van der Waals surface area contributed by atoms with Crippen LogP contribution in [0.15, 0.2) is 47.4 Å². The molecule has 2 N–H and O–H groups in total. The second kappa shape index (κ2) is 11.1. The molecule has 166 valence electrons. The molecule has 7 heteroatoms. The molecule has 1 saturated carbocycles. The molecule has 3 rings (SSSR count). The quantitative estimate of drug-likeness (QED) is 0.570. The van der Waals surface area contributed by atoms with Crippen molar-refractivity contribution in [2.75, 3.05) is 19.5 Å². The number of thioether (sulfide) groups is 1. The first kappa shape index (κ1) is 23.0. The highest BCUT2D eigenvalue weighted by molar-refractivity contribution is 8.00. The van der Waals surface area contributed by atoms with E-state index in [0.717, 1.165) is 30.6 Å². The maximum Gasteiger partial charge on any atom is 0.253 e. The fourth-order valence-corrected chi connectivity index (χ4v) is 4.58. The minimum Gasteiger partial charge on any atom is -0.493 e. The van der Waals surface area contributed by atoms with Crippen LogP contribution in [0.2, 0.25) is 0 Å². The van der Waals surface area contributed by atoms with E-state index in [1.54, 1.807) is 26.4 Å². The Bertz CT molecular complexity index is 912. The number of ether oxygens (including phenoxy) is 2. The predicted molar refractivity (Wildman–Crippen MR) is 124 cm³/mol. The molecule has 2 aromatic rings. The summed E-state index contributed by atoms with van der Waals surface area (Å²) in [4.78, 5) is 26.5. The number of anilines is 1. The van der Waals surface area contributed by atoms with E-state index in [2.05, 4.69) is 10.6 Å². The molecule has 6 nitrogen and oxygen atoms in total. The molecule has 0 spiro atoms.